The highest BCUT2D eigenvalue weighted by Crippen LogP contribution is 2.35. The van der Waals surface area contributed by atoms with Crippen LogP contribution in [0.3, 0.4) is 0 Å². The molecule has 3 N–H and O–H groups in total. The number of nitrogens with two attached hydrogens (primary N) is 1. The first-order valence-electron chi connectivity index (χ1n) is 8.96. The summed E-state index contributed by atoms with van der Waals surface area (Å²) in [6, 6.07) is 1.77. The van der Waals surface area contributed by atoms with Gasteiger partial charge in [0.1, 0.15) is 5.76 Å². The van der Waals surface area contributed by atoms with Crippen LogP contribution in [0.15, 0.2) is 10.5 Å². The van der Waals surface area contributed by atoms with Crippen molar-refractivity contribution in [2.24, 2.45) is 11.1 Å². The van der Waals surface area contributed by atoms with Crippen molar-refractivity contribution < 1.29 is 19.1 Å². The second kappa shape index (κ2) is 7.89. The summed E-state index contributed by atoms with van der Waals surface area (Å²) in [5.74, 6) is 0.475. The number of ether oxygens (including phenoxy) is 1. The minimum Gasteiger partial charge on any atom is -0.455 e. The first kappa shape index (κ1) is 19.9. The number of carbonyl (C=O) groups is 1. The third-order valence-electron chi connectivity index (χ3n) is 5.04. The van der Waals surface area contributed by atoms with Gasteiger partial charge in [-0.3, -0.25) is 9.69 Å². The van der Waals surface area contributed by atoms with Crippen molar-refractivity contribution >= 4 is 5.91 Å². The molecule has 0 saturated carbocycles. The summed E-state index contributed by atoms with van der Waals surface area (Å²) in [5.41, 5.74) is 6.08. The molecule has 0 spiro atoms. The molecular formula is C19H32N2O4. The molecule has 0 radical (unpaired) electrons. The number of hydrogen-bond acceptors (Lipinski definition) is 5. The van der Waals surface area contributed by atoms with E-state index in [2.05, 4.69) is 25.7 Å². The predicted octanol–water partition coefficient (Wildman–Crippen LogP) is 2.29. The van der Waals surface area contributed by atoms with Crippen LogP contribution in [0.4, 0.5) is 0 Å². The molecule has 2 heterocycles. The number of amides is 1. The van der Waals surface area contributed by atoms with Crippen molar-refractivity contribution in [2.75, 3.05) is 33.4 Å². The molecule has 25 heavy (non-hydrogen) atoms. The molecule has 1 aromatic heterocycles. The third kappa shape index (κ3) is 4.84. The highest BCUT2D eigenvalue weighted by molar-refractivity contribution is 5.90. The number of hydrogen-bond donors (Lipinski definition) is 2. The smallest absolute Gasteiger partial charge is 0.284 e. The quantitative estimate of drug-likeness (QED) is 0.786. The first-order chi connectivity index (χ1) is 11.7. The van der Waals surface area contributed by atoms with Crippen LogP contribution in [0.25, 0.3) is 0 Å². The summed E-state index contributed by atoms with van der Waals surface area (Å²) in [7, 11) is 1.69. The minimum atomic E-state index is -0.541. The van der Waals surface area contributed by atoms with E-state index >= 15 is 0 Å². The molecule has 1 atom stereocenters. The SMILES string of the molecule is COCC[C@]1(CO)CCCN(Cc2cc(C(N)=O)oc2C(C)(C)C)C1. The van der Waals surface area contributed by atoms with Crippen LogP contribution in [0.2, 0.25) is 0 Å². The van der Waals surface area contributed by atoms with Crippen molar-refractivity contribution in [3.05, 3.63) is 23.2 Å². The molecule has 1 aromatic rings. The lowest BCUT2D eigenvalue weighted by atomic mass is 9.78. The monoisotopic (exact) mass is 352 g/mol. The second-order valence-corrected chi connectivity index (χ2v) is 8.29. The molecule has 142 valence electrons. The van der Waals surface area contributed by atoms with Gasteiger partial charge in [-0.1, -0.05) is 20.8 Å². The van der Waals surface area contributed by atoms with Gasteiger partial charge in [0, 0.05) is 43.2 Å². The molecule has 0 aromatic carbocycles. The Morgan fingerprint density at radius 1 is 1.48 bits per heavy atom. The summed E-state index contributed by atoms with van der Waals surface area (Å²) in [6.07, 6.45) is 2.89. The maximum atomic E-state index is 11.5. The van der Waals surface area contributed by atoms with Gasteiger partial charge in [0.25, 0.3) is 5.91 Å². The molecular weight excluding hydrogens is 320 g/mol. The van der Waals surface area contributed by atoms with Gasteiger partial charge in [-0.05, 0) is 31.9 Å². The molecule has 1 saturated heterocycles. The Hall–Kier alpha value is -1.37. The van der Waals surface area contributed by atoms with Crippen molar-refractivity contribution in [1.29, 1.82) is 0 Å². The van der Waals surface area contributed by atoms with Crippen LogP contribution < -0.4 is 5.73 Å². The van der Waals surface area contributed by atoms with E-state index in [1.807, 2.05) is 0 Å². The Labute approximate surface area is 150 Å². The Morgan fingerprint density at radius 3 is 2.76 bits per heavy atom. The van der Waals surface area contributed by atoms with Gasteiger partial charge in [-0.25, -0.2) is 0 Å². The van der Waals surface area contributed by atoms with Gasteiger partial charge in [0.05, 0.1) is 6.61 Å². The Balaban J connectivity index is 2.19. The van der Waals surface area contributed by atoms with Gasteiger partial charge < -0.3 is 20.0 Å². The van der Waals surface area contributed by atoms with E-state index in [9.17, 15) is 9.90 Å². The van der Waals surface area contributed by atoms with E-state index in [4.69, 9.17) is 14.9 Å². The van der Waals surface area contributed by atoms with E-state index in [-0.39, 0.29) is 23.2 Å². The maximum Gasteiger partial charge on any atom is 0.284 e. The van der Waals surface area contributed by atoms with Crippen LogP contribution in [-0.4, -0.2) is 49.3 Å². The van der Waals surface area contributed by atoms with Gasteiger partial charge in [-0.15, -0.1) is 0 Å². The molecule has 0 unspecified atom stereocenters. The molecule has 1 fully saturated rings. The van der Waals surface area contributed by atoms with Gasteiger partial charge >= 0.3 is 0 Å². The third-order valence-corrected chi connectivity index (χ3v) is 5.04. The number of nitrogens with zero attached hydrogens (tertiary/aromatic N) is 1. The number of furan rings is 1. The summed E-state index contributed by atoms with van der Waals surface area (Å²) in [6.45, 7) is 9.48. The fourth-order valence-corrected chi connectivity index (χ4v) is 3.72. The molecule has 1 amide bonds. The van der Waals surface area contributed by atoms with Gasteiger partial charge in [0.2, 0.25) is 0 Å². The average Bonchev–Trinajstić information content (AvgIpc) is 2.97. The minimum absolute atomic E-state index is 0.119. The fraction of sp³-hybridized carbons (Fsp3) is 0.737. The first-order valence-corrected chi connectivity index (χ1v) is 8.96. The molecule has 6 nitrogen and oxygen atoms in total. The van der Waals surface area contributed by atoms with Gasteiger partial charge in [0.15, 0.2) is 5.76 Å². The lowest BCUT2D eigenvalue weighted by Crippen LogP contribution is -2.45. The zero-order valence-electron chi connectivity index (χ0n) is 15.9. The standard InChI is InChI=1S/C19H32N2O4/c1-18(2,3)16-14(10-15(25-16)17(20)23)11-21-8-5-6-19(12-21,13-22)7-9-24-4/h10,22H,5-9,11-13H2,1-4H3,(H2,20,23)/t19-/m1/s1. The van der Waals surface area contributed by atoms with Crippen LogP contribution in [-0.2, 0) is 16.7 Å². The Bertz CT molecular complexity index is 591. The van der Waals surface area contributed by atoms with Crippen molar-refractivity contribution in [1.82, 2.24) is 4.90 Å². The summed E-state index contributed by atoms with van der Waals surface area (Å²) in [4.78, 5) is 13.9. The molecule has 0 bridgehead atoms. The number of primary amides is 1. The molecule has 1 aliphatic heterocycles. The summed E-state index contributed by atoms with van der Waals surface area (Å²) >= 11 is 0. The van der Waals surface area contributed by atoms with Crippen LogP contribution in [0.1, 0.15) is 61.9 Å². The zero-order chi connectivity index (χ0) is 18.7. The van der Waals surface area contributed by atoms with Gasteiger partial charge in [-0.2, -0.15) is 0 Å². The van der Waals surface area contributed by atoms with E-state index in [0.717, 1.165) is 43.7 Å². The fourth-order valence-electron chi connectivity index (χ4n) is 3.72. The topological polar surface area (TPSA) is 88.9 Å². The van der Waals surface area contributed by atoms with Crippen molar-refractivity contribution in [3.8, 4) is 0 Å². The second-order valence-electron chi connectivity index (χ2n) is 8.29. The molecule has 0 aliphatic carbocycles. The van der Waals surface area contributed by atoms with Crippen molar-refractivity contribution in [3.63, 3.8) is 0 Å². The number of rotatable bonds is 7. The van der Waals surface area contributed by atoms with E-state index < -0.39 is 5.91 Å². The largest absolute Gasteiger partial charge is 0.455 e. The summed E-state index contributed by atoms with van der Waals surface area (Å²) < 4.78 is 11.0. The molecule has 2 rings (SSSR count). The van der Waals surface area contributed by atoms with Crippen LogP contribution in [0, 0.1) is 5.41 Å². The van der Waals surface area contributed by atoms with E-state index in [0.29, 0.717) is 13.2 Å². The number of aliphatic hydroxyl groups is 1. The zero-order valence-corrected chi connectivity index (χ0v) is 15.9. The Morgan fingerprint density at radius 2 is 2.20 bits per heavy atom. The number of carbonyl (C=O) groups excluding carboxylic acids is 1. The Kier molecular flexibility index (Phi) is 6.30. The summed E-state index contributed by atoms with van der Waals surface area (Å²) in [5, 5.41) is 9.95. The van der Waals surface area contributed by atoms with Crippen LogP contribution >= 0.6 is 0 Å². The lowest BCUT2D eigenvalue weighted by molar-refractivity contribution is 0.00451. The maximum absolute atomic E-state index is 11.5. The molecule has 6 heteroatoms. The average molecular weight is 352 g/mol. The molecule has 1 aliphatic rings. The van der Waals surface area contributed by atoms with Crippen LogP contribution in [0.5, 0.6) is 0 Å². The highest BCUT2D eigenvalue weighted by Gasteiger charge is 2.35. The number of likely N-dealkylation sites (tertiary alicyclic amines) is 1. The van der Waals surface area contributed by atoms with E-state index in [1.54, 1.807) is 13.2 Å². The normalized spacial score (nSPS) is 22.3. The predicted molar refractivity (Wildman–Crippen MR) is 96.4 cm³/mol. The number of aliphatic hydroxyl groups excluding tert-OH is 1. The number of piperidine rings is 1. The van der Waals surface area contributed by atoms with Crippen molar-refractivity contribution in [2.45, 2.75) is 52.0 Å². The lowest BCUT2D eigenvalue weighted by Gasteiger charge is -2.42. The number of methoxy groups -OCH3 is 1. The highest BCUT2D eigenvalue weighted by atomic mass is 16.5. The van der Waals surface area contributed by atoms with E-state index in [1.165, 1.54) is 0 Å².